The van der Waals surface area contributed by atoms with Gasteiger partial charge in [0.2, 0.25) is 0 Å². The maximum atomic E-state index is 13.0. The number of anilines is 1. The first-order valence-corrected chi connectivity index (χ1v) is 8.12. The summed E-state index contributed by atoms with van der Waals surface area (Å²) >= 11 is 3.10. The van der Waals surface area contributed by atoms with Crippen LogP contribution in [-0.2, 0) is 11.0 Å². The lowest BCUT2D eigenvalue weighted by molar-refractivity contribution is -0.137. The Hall–Kier alpha value is -2.99. The zero-order valence-electron chi connectivity index (χ0n) is 13.8. The Morgan fingerprint density at radius 3 is 2.59 bits per heavy atom. The number of hydrogen-bond acceptors (Lipinski definition) is 4. The molecule has 0 heterocycles. The first-order valence-electron chi connectivity index (χ1n) is 7.33. The van der Waals surface area contributed by atoms with Gasteiger partial charge in [0.1, 0.15) is 11.6 Å². The van der Waals surface area contributed by atoms with E-state index in [0.717, 1.165) is 18.2 Å². The monoisotopic (exact) mass is 440 g/mol. The molecule has 140 valence electrons. The van der Waals surface area contributed by atoms with Crippen LogP contribution in [0.5, 0.6) is 11.5 Å². The van der Waals surface area contributed by atoms with E-state index in [9.17, 15) is 28.3 Å². The number of nitriles is 1. The predicted molar refractivity (Wildman–Crippen MR) is 96.0 cm³/mol. The van der Waals surface area contributed by atoms with E-state index in [1.54, 1.807) is 6.07 Å². The molecule has 2 N–H and O–H groups in total. The molecule has 0 unspecified atom stereocenters. The third kappa shape index (κ3) is 4.80. The van der Waals surface area contributed by atoms with Gasteiger partial charge in [0.05, 0.1) is 22.8 Å². The van der Waals surface area contributed by atoms with Gasteiger partial charge in [-0.15, -0.1) is 0 Å². The molecule has 0 bridgehead atoms. The molecule has 0 atom stereocenters. The number of methoxy groups -OCH3 is 1. The standard InChI is InChI=1S/C18H12BrF3N2O3/c1-27-15-8-10(7-13(19)16(15)25)6-11(9-23)17(26)24-14-5-3-2-4-12(14)18(20,21)22/h2-8,25H,1H3,(H,24,26)/b11-6+. The van der Waals surface area contributed by atoms with Crippen molar-refractivity contribution in [3.05, 3.63) is 57.6 Å². The van der Waals surface area contributed by atoms with Gasteiger partial charge in [-0.2, -0.15) is 18.4 Å². The van der Waals surface area contributed by atoms with Crippen LogP contribution >= 0.6 is 15.9 Å². The Balaban J connectivity index is 2.37. The van der Waals surface area contributed by atoms with Gasteiger partial charge in [0.25, 0.3) is 5.91 Å². The number of benzene rings is 2. The molecule has 0 radical (unpaired) electrons. The van der Waals surface area contributed by atoms with Gasteiger partial charge in [-0.3, -0.25) is 4.79 Å². The second-order valence-corrected chi connectivity index (χ2v) is 6.08. The van der Waals surface area contributed by atoms with Crippen molar-refractivity contribution in [2.45, 2.75) is 6.18 Å². The molecule has 2 aromatic rings. The summed E-state index contributed by atoms with van der Waals surface area (Å²) in [7, 11) is 1.32. The van der Waals surface area contributed by atoms with E-state index in [1.807, 2.05) is 0 Å². The van der Waals surface area contributed by atoms with E-state index in [-0.39, 0.29) is 16.0 Å². The number of phenols is 1. The Kier molecular flexibility index (Phi) is 6.13. The molecule has 0 aliphatic rings. The summed E-state index contributed by atoms with van der Waals surface area (Å²) in [5.74, 6) is -1.08. The van der Waals surface area contributed by atoms with Crippen LogP contribution in [0.15, 0.2) is 46.4 Å². The van der Waals surface area contributed by atoms with Crippen molar-refractivity contribution in [3.8, 4) is 17.6 Å². The van der Waals surface area contributed by atoms with Crippen molar-refractivity contribution >= 4 is 33.6 Å². The number of aromatic hydroxyl groups is 1. The molecule has 0 aliphatic heterocycles. The normalized spacial score (nSPS) is 11.6. The van der Waals surface area contributed by atoms with Crippen molar-refractivity contribution in [3.63, 3.8) is 0 Å². The topological polar surface area (TPSA) is 82.3 Å². The van der Waals surface area contributed by atoms with Crippen LogP contribution in [-0.4, -0.2) is 18.1 Å². The summed E-state index contributed by atoms with van der Waals surface area (Å²) in [5.41, 5.74) is -1.58. The smallest absolute Gasteiger partial charge is 0.418 e. The maximum Gasteiger partial charge on any atom is 0.418 e. The Bertz CT molecular complexity index is 950. The van der Waals surface area contributed by atoms with Gasteiger partial charge in [0, 0.05) is 0 Å². The molecule has 0 saturated heterocycles. The molecule has 5 nitrogen and oxygen atoms in total. The number of ether oxygens (including phenoxy) is 1. The van der Waals surface area contributed by atoms with Gasteiger partial charge >= 0.3 is 6.18 Å². The lowest BCUT2D eigenvalue weighted by Crippen LogP contribution is -2.17. The van der Waals surface area contributed by atoms with Crippen molar-refractivity contribution in [2.75, 3.05) is 12.4 Å². The first-order chi connectivity index (χ1) is 12.7. The summed E-state index contributed by atoms with van der Waals surface area (Å²) < 4.78 is 44.3. The van der Waals surface area contributed by atoms with Crippen LogP contribution in [0.4, 0.5) is 18.9 Å². The van der Waals surface area contributed by atoms with Crippen LogP contribution in [0.3, 0.4) is 0 Å². The van der Waals surface area contributed by atoms with E-state index >= 15 is 0 Å². The minimum atomic E-state index is -4.66. The highest BCUT2D eigenvalue weighted by atomic mass is 79.9. The number of para-hydroxylation sites is 1. The fourth-order valence-corrected chi connectivity index (χ4v) is 2.64. The number of nitrogens with one attached hydrogen (secondary N) is 1. The van der Waals surface area contributed by atoms with Gasteiger partial charge in [0.15, 0.2) is 11.5 Å². The van der Waals surface area contributed by atoms with Gasteiger partial charge in [-0.1, -0.05) is 12.1 Å². The number of phenolic OH excluding ortho intramolecular Hbond substituents is 1. The van der Waals surface area contributed by atoms with Crippen molar-refractivity contribution in [2.24, 2.45) is 0 Å². The number of alkyl halides is 3. The van der Waals surface area contributed by atoms with E-state index < -0.39 is 28.9 Å². The fraction of sp³-hybridized carbons (Fsp3) is 0.111. The van der Waals surface area contributed by atoms with Crippen molar-refractivity contribution in [1.82, 2.24) is 0 Å². The highest BCUT2D eigenvalue weighted by molar-refractivity contribution is 9.10. The number of halogens is 4. The van der Waals surface area contributed by atoms with Crippen LogP contribution in [0.1, 0.15) is 11.1 Å². The molecule has 9 heteroatoms. The largest absolute Gasteiger partial charge is 0.503 e. The van der Waals surface area contributed by atoms with Crippen LogP contribution in [0.25, 0.3) is 6.08 Å². The zero-order chi connectivity index (χ0) is 20.2. The predicted octanol–water partition coefficient (Wildman–Crippen LogP) is 4.73. The minimum Gasteiger partial charge on any atom is -0.503 e. The summed E-state index contributed by atoms with van der Waals surface area (Å²) in [6.45, 7) is 0. The average Bonchev–Trinajstić information content (AvgIpc) is 2.61. The molecule has 0 fully saturated rings. The van der Waals surface area contributed by atoms with E-state index in [1.165, 1.54) is 31.4 Å². The molecule has 0 aromatic heterocycles. The molecule has 0 aliphatic carbocycles. The Morgan fingerprint density at radius 1 is 1.33 bits per heavy atom. The number of rotatable bonds is 4. The van der Waals surface area contributed by atoms with Gasteiger partial charge in [-0.05, 0) is 51.8 Å². The highest BCUT2D eigenvalue weighted by Gasteiger charge is 2.33. The molecule has 2 rings (SSSR count). The van der Waals surface area contributed by atoms with Gasteiger partial charge < -0.3 is 15.2 Å². The van der Waals surface area contributed by atoms with Crippen LogP contribution < -0.4 is 10.1 Å². The number of amides is 1. The fourth-order valence-electron chi connectivity index (χ4n) is 2.18. The third-order valence-electron chi connectivity index (χ3n) is 3.43. The lowest BCUT2D eigenvalue weighted by atomic mass is 10.1. The summed E-state index contributed by atoms with van der Waals surface area (Å²) in [6.07, 6.45) is -3.49. The third-order valence-corrected chi connectivity index (χ3v) is 4.03. The lowest BCUT2D eigenvalue weighted by Gasteiger charge is -2.13. The molecule has 27 heavy (non-hydrogen) atoms. The van der Waals surface area contributed by atoms with Crippen molar-refractivity contribution in [1.29, 1.82) is 5.26 Å². The summed E-state index contributed by atoms with van der Waals surface area (Å²) in [4.78, 5) is 12.3. The number of carbonyl (C=O) groups is 1. The molecule has 0 saturated carbocycles. The quantitative estimate of drug-likeness (QED) is 0.531. The molecule has 0 spiro atoms. The highest BCUT2D eigenvalue weighted by Crippen LogP contribution is 2.36. The molecular weight excluding hydrogens is 429 g/mol. The second-order valence-electron chi connectivity index (χ2n) is 5.22. The maximum absolute atomic E-state index is 13.0. The molecule has 2 aromatic carbocycles. The zero-order valence-corrected chi connectivity index (χ0v) is 15.4. The second kappa shape index (κ2) is 8.14. The first kappa shape index (κ1) is 20.3. The van der Waals surface area contributed by atoms with E-state index in [0.29, 0.717) is 5.56 Å². The van der Waals surface area contributed by atoms with E-state index in [4.69, 9.17) is 4.74 Å². The Labute approximate surface area is 160 Å². The average molecular weight is 441 g/mol. The van der Waals surface area contributed by atoms with Crippen LogP contribution in [0, 0.1) is 11.3 Å². The summed E-state index contributed by atoms with van der Waals surface area (Å²) in [6, 6.07) is 8.89. The molecule has 1 amide bonds. The number of carbonyl (C=O) groups excluding carboxylic acids is 1. The van der Waals surface area contributed by atoms with Crippen molar-refractivity contribution < 1.29 is 27.8 Å². The van der Waals surface area contributed by atoms with Crippen LogP contribution in [0.2, 0.25) is 0 Å². The summed E-state index contributed by atoms with van der Waals surface area (Å²) in [5, 5.41) is 21.1. The number of nitrogens with zero attached hydrogens (tertiary/aromatic N) is 1. The van der Waals surface area contributed by atoms with Gasteiger partial charge in [-0.25, -0.2) is 0 Å². The SMILES string of the molecule is COc1cc(/C=C(\C#N)C(=O)Nc2ccccc2C(F)(F)F)cc(Br)c1O. The number of hydrogen-bond donors (Lipinski definition) is 2. The minimum absolute atomic E-state index is 0.0933. The van der Waals surface area contributed by atoms with E-state index in [2.05, 4.69) is 21.2 Å². The Morgan fingerprint density at radius 2 is 2.00 bits per heavy atom. The molecular formula is C18H12BrF3N2O3.